The van der Waals surface area contributed by atoms with Gasteiger partial charge in [0.2, 0.25) is 15.9 Å². The second-order valence-corrected chi connectivity index (χ2v) is 9.11. The first-order valence-corrected chi connectivity index (χ1v) is 11.4. The molecule has 1 fully saturated rings. The summed E-state index contributed by atoms with van der Waals surface area (Å²) < 4.78 is 28.2. The van der Waals surface area contributed by atoms with Crippen molar-refractivity contribution >= 4 is 15.9 Å². The molecule has 0 aliphatic heterocycles. The van der Waals surface area contributed by atoms with E-state index in [2.05, 4.69) is 15.1 Å². The van der Waals surface area contributed by atoms with Gasteiger partial charge in [0, 0.05) is 24.2 Å². The molecule has 3 aromatic rings. The lowest BCUT2D eigenvalue weighted by Gasteiger charge is -2.09. The SMILES string of the molecule is O=C(Cn1nc(-c2ccccc2)ccc1=O)NCc1ccc(S(=O)(=O)NC2CC2)cc1. The van der Waals surface area contributed by atoms with Crippen molar-refractivity contribution in [2.75, 3.05) is 0 Å². The largest absolute Gasteiger partial charge is 0.350 e. The van der Waals surface area contributed by atoms with Crippen molar-refractivity contribution in [2.24, 2.45) is 0 Å². The molecule has 2 N–H and O–H groups in total. The zero-order valence-electron chi connectivity index (χ0n) is 16.7. The smallest absolute Gasteiger partial charge is 0.267 e. The maximum atomic E-state index is 12.3. The van der Waals surface area contributed by atoms with Crippen LogP contribution in [-0.2, 0) is 27.9 Å². The number of aromatic nitrogens is 2. The van der Waals surface area contributed by atoms with Crippen molar-refractivity contribution in [2.45, 2.75) is 36.9 Å². The molecule has 4 rings (SSSR count). The van der Waals surface area contributed by atoms with Crippen LogP contribution in [0.15, 0.2) is 76.4 Å². The van der Waals surface area contributed by atoms with Crippen LogP contribution < -0.4 is 15.6 Å². The summed E-state index contributed by atoms with van der Waals surface area (Å²) >= 11 is 0. The van der Waals surface area contributed by atoms with Crippen molar-refractivity contribution in [3.05, 3.63) is 82.6 Å². The number of carbonyl (C=O) groups excluding carboxylic acids is 1. The fraction of sp³-hybridized carbons (Fsp3) is 0.227. The molecule has 2 aromatic carbocycles. The molecular weight excluding hydrogens is 416 g/mol. The van der Waals surface area contributed by atoms with Crippen molar-refractivity contribution in [1.29, 1.82) is 0 Å². The first-order valence-electron chi connectivity index (χ1n) is 9.92. The van der Waals surface area contributed by atoms with E-state index in [0.717, 1.165) is 28.7 Å². The van der Waals surface area contributed by atoms with Gasteiger partial charge in [0.1, 0.15) is 6.54 Å². The number of sulfonamides is 1. The molecule has 1 aliphatic rings. The number of benzene rings is 2. The minimum absolute atomic E-state index is 0.0429. The fourth-order valence-corrected chi connectivity index (χ4v) is 4.30. The van der Waals surface area contributed by atoms with E-state index in [1.807, 2.05) is 30.3 Å². The van der Waals surface area contributed by atoms with Gasteiger partial charge in [0.25, 0.3) is 5.56 Å². The van der Waals surface area contributed by atoms with Crippen molar-refractivity contribution < 1.29 is 13.2 Å². The average Bonchev–Trinajstić information content (AvgIpc) is 3.58. The minimum atomic E-state index is -3.50. The highest BCUT2D eigenvalue weighted by atomic mass is 32.2. The van der Waals surface area contributed by atoms with E-state index in [9.17, 15) is 18.0 Å². The summed E-state index contributed by atoms with van der Waals surface area (Å²) in [6.45, 7) is -0.000378. The molecule has 1 heterocycles. The van der Waals surface area contributed by atoms with Crippen LogP contribution in [0.3, 0.4) is 0 Å². The van der Waals surface area contributed by atoms with E-state index < -0.39 is 10.0 Å². The van der Waals surface area contributed by atoms with Crippen molar-refractivity contribution in [1.82, 2.24) is 19.8 Å². The normalized spacial score (nSPS) is 13.7. The quantitative estimate of drug-likeness (QED) is 0.556. The van der Waals surface area contributed by atoms with Gasteiger partial charge in [-0.3, -0.25) is 9.59 Å². The van der Waals surface area contributed by atoms with Crippen LogP contribution in [0.25, 0.3) is 11.3 Å². The van der Waals surface area contributed by atoms with Gasteiger partial charge in [-0.05, 0) is 36.6 Å². The molecule has 9 heteroatoms. The first-order chi connectivity index (χ1) is 14.9. The van der Waals surface area contributed by atoms with Gasteiger partial charge in [-0.25, -0.2) is 17.8 Å². The van der Waals surface area contributed by atoms with Crippen LogP contribution >= 0.6 is 0 Å². The minimum Gasteiger partial charge on any atom is -0.350 e. The maximum Gasteiger partial charge on any atom is 0.267 e. The second kappa shape index (κ2) is 8.83. The van der Waals surface area contributed by atoms with Crippen LogP contribution in [0.1, 0.15) is 18.4 Å². The Bertz CT molecular complexity index is 1230. The Morgan fingerprint density at radius 2 is 1.71 bits per heavy atom. The van der Waals surface area contributed by atoms with Crippen LogP contribution in [-0.4, -0.2) is 30.1 Å². The number of rotatable bonds is 8. The zero-order valence-corrected chi connectivity index (χ0v) is 17.5. The van der Waals surface area contributed by atoms with Crippen molar-refractivity contribution in [3.8, 4) is 11.3 Å². The highest BCUT2D eigenvalue weighted by Crippen LogP contribution is 2.22. The predicted molar refractivity (Wildman–Crippen MR) is 116 cm³/mol. The Kier molecular flexibility index (Phi) is 5.97. The molecule has 0 radical (unpaired) electrons. The third-order valence-corrected chi connectivity index (χ3v) is 6.39. The molecule has 160 valence electrons. The molecular formula is C22H22N4O4S. The fourth-order valence-electron chi connectivity index (χ4n) is 2.99. The lowest BCUT2D eigenvalue weighted by Crippen LogP contribution is -2.33. The third-order valence-electron chi connectivity index (χ3n) is 4.85. The molecule has 8 nitrogen and oxygen atoms in total. The molecule has 31 heavy (non-hydrogen) atoms. The second-order valence-electron chi connectivity index (χ2n) is 7.40. The topological polar surface area (TPSA) is 110 Å². The Morgan fingerprint density at radius 1 is 1.00 bits per heavy atom. The van der Waals surface area contributed by atoms with Crippen LogP contribution in [0.5, 0.6) is 0 Å². The average molecular weight is 439 g/mol. The van der Waals surface area contributed by atoms with E-state index in [0.29, 0.717) is 5.69 Å². The molecule has 0 saturated heterocycles. The summed E-state index contributed by atoms with van der Waals surface area (Å²) in [6, 6.07) is 18.8. The number of amides is 1. The number of hydrogen-bond acceptors (Lipinski definition) is 5. The predicted octanol–water partition coefficient (Wildman–Crippen LogP) is 1.67. The number of nitrogens with zero attached hydrogens (tertiary/aromatic N) is 2. The van der Waals surface area contributed by atoms with Crippen LogP contribution in [0.2, 0.25) is 0 Å². The van der Waals surface area contributed by atoms with Gasteiger partial charge in [0.15, 0.2) is 0 Å². The van der Waals surface area contributed by atoms with E-state index in [-0.39, 0.29) is 35.5 Å². The number of nitrogens with one attached hydrogen (secondary N) is 2. The highest BCUT2D eigenvalue weighted by Gasteiger charge is 2.27. The van der Waals surface area contributed by atoms with Crippen LogP contribution in [0.4, 0.5) is 0 Å². The molecule has 0 spiro atoms. The van der Waals surface area contributed by atoms with Gasteiger partial charge in [0.05, 0.1) is 10.6 Å². The van der Waals surface area contributed by atoms with E-state index in [4.69, 9.17) is 0 Å². The summed E-state index contributed by atoms with van der Waals surface area (Å²) in [7, 11) is -3.50. The molecule has 0 unspecified atom stereocenters. The Labute approximate surface area is 180 Å². The monoisotopic (exact) mass is 438 g/mol. The van der Waals surface area contributed by atoms with Gasteiger partial charge >= 0.3 is 0 Å². The summed E-state index contributed by atoms with van der Waals surface area (Å²) in [5.74, 6) is -0.369. The maximum absolute atomic E-state index is 12.3. The van der Waals surface area contributed by atoms with E-state index in [1.165, 1.54) is 18.2 Å². The Balaban J connectivity index is 1.37. The molecule has 1 amide bonds. The summed E-state index contributed by atoms with van der Waals surface area (Å²) in [5.41, 5.74) is 1.83. The molecule has 1 saturated carbocycles. The molecule has 1 aliphatic carbocycles. The Hall–Kier alpha value is -3.30. The van der Waals surface area contributed by atoms with Gasteiger partial charge in [-0.2, -0.15) is 5.10 Å². The number of carbonyl (C=O) groups is 1. The summed E-state index contributed by atoms with van der Waals surface area (Å²) in [4.78, 5) is 24.6. The van der Waals surface area contributed by atoms with Gasteiger partial charge in [-0.15, -0.1) is 0 Å². The highest BCUT2D eigenvalue weighted by molar-refractivity contribution is 7.89. The molecule has 0 atom stereocenters. The molecule has 1 aromatic heterocycles. The zero-order chi connectivity index (χ0) is 21.8. The third kappa shape index (κ3) is 5.44. The summed E-state index contributed by atoms with van der Waals surface area (Å²) in [6.07, 6.45) is 1.74. The summed E-state index contributed by atoms with van der Waals surface area (Å²) in [5, 5.41) is 7.01. The van der Waals surface area contributed by atoms with Crippen molar-refractivity contribution in [3.63, 3.8) is 0 Å². The first kappa shape index (κ1) is 21.0. The van der Waals surface area contributed by atoms with Gasteiger partial charge < -0.3 is 5.32 Å². The lowest BCUT2D eigenvalue weighted by atomic mass is 10.1. The Morgan fingerprint density at radius 3 is 2.39 bits per heavy atom. The standard InChI is InChI=1S/C22H22N4O4S/c27-21(15-26-22(28)13-12-20(24-26)17-4-2-1-3-5-17)23-14-16-6-10-19(11-7-16)31(29,30)25-18-8-9-18/h1-7,10-13,18,25H,8-9,14-15H2,(H,23,27). The van der Waals surface area contributed by atoms with Crippen LogP contribution in [0, 0.1) is 0 Å². The van der Waals surface area contributed by atoms with E-state index >= 15 is 0 Å². The van der Waals surface area contributed by atoms with Gasteiger partial charge in [-0.1, -0.05) is 42.5 Å². The molecule has 0 bridgehead atoms. The lowest BCUT2D eigenvalue weighted by molar-refractivity contribution is -0.122. The van der Waals surface area contributed by atoms with E-state index in [1.54, 1.807) is 18.2 Å². The number of hydrogen-bond donors (Lipinski definition) is 2.